The number of aromatic amines is 1. The number of nitrogens with one attached hydrogen (secondary N) is 1. The number of benzene rings is 1. The molecule has 1 amide bonds. The Morgan fingerprint density at radius 2 is 2.26 bits per heavy atom. The monoisotopic (exact) mass is 324 g/mol. The summed E-state index contributed by atoms with van der Waals surface area (Å²) < 4.78 is 0.985. The summed E-state index contributed by atoms with van der Waals surface area (Å²) in [6.45, 7) is 2.91. The van der Waals surface area contributed by atoms with Crippen LogP contribution in [-0.2, 0) is 11.2 Å². The molecule has 0 aliphatic heterocycles. The number of carbonyl (C=O) groups excluding carboxylic acids is 1. The van der Waals surface area contributed by atoms with Crippen molar-refractivity contribution >= 4 is 32.7 Å². The summed E-state index contributed by atoms with van der Waals surface area (Å²) in [5.74, 6) is 0.0354. The number of hydrogen-bond acceptors (Lipinski definition) is 2. The minimum Gasteiger partial charge on any atom is -0.395 e. The molecule has 0 radical (unpaired) electrons. The normalized spacial score (nSPS) is 10.9. The van der Waals surface area contributed by atoms with Gasteiger partial charge in [0, 0.05) is 34.7 Å². The van der Waals surface area contributed by atoms with E-state index >= 15 is 0 Å². The molecule has 0 saturated heterocycles. The molecule has 2 N–H and O–H groups in total. The van der Waals surface area contributed by atoms with Gasteiger partial charge in [0.1, 0.15) is 0 Å². The Morgan fingerprint density at radius 3 is 2.95 bits per heavy atom. The smallest absolute Gasteiger partial charge is 0.227 e. The summed E-state index contributed by atoms with van der Waals surface area (Å²) in [5.41, 5.74) is 1.99. The van der Waals surface area contributed by atoms with Gasteiger partial charge < -0.3 is 15.0 Å². The molecule has 19 heavy (non-hydrogen) atoms. The van der Waals surface area contributed by atoms with Crippen molar-refractivity contribution in [2.45, 2.75) is 13.3 Å². The molecule has 102 valence electrons. The molecule has 0 saturated carbocycles. The minimum absolute atomic E-state index is 0.00282. The largest absolute Gasteiger partial charge is 0.395 e. The van der Waals surface area contributed by atoms with Crippen LogP contribution in [0.2, 0.25) is 0 Å². The molecule has 2 rings (SSSR count). The van der Waals surface area contributed by atoms with Gasteiger partial charge in [0.15, 0.2) is 0 Å². The van der Waals surface area contributed by atoms with Crippen molar-refractivity contribution in [2.24, 2.45) is 0 Å². The number of amides is 1. The van der Waals surface area contributed by atoms with E-state index in [4.69, 9.17) is 5.11 Å². The lowest BCUT2D eigenvalue weighted by molar-refractivity contribution is -0.130. The third-order valence-electron chi connectivity index (χ3n) is 3.18. The van der Waals surface area contributed by atoms with Crippen molar-refractivity contribution in [1.29, 1.82) is 0 Å². The molecule has 0 aliphatic carbocycles. The van der Waals surface area contributed by atoms with Crippen molar-refractivity contribution < 1.29 is 9.90 Å². The predicted octanol–water partition coefficient (Wildman–Crippen LogP) is 2.31. The van der Waals surface area contributed by atoms with Crippen molar-refractivity contribution in [2.75, 3.05) is 19.7 Å². The maximum absolute atomic E-state index is 12.2. The topological polar surface area (TPSA) is 56.3 Å². The molecule has 0 unspecified atom stereocenters. The van der Waals surface area contributed by atoms with Gasteiger partial charge in [-0.3, -0.25) is 4.79 Å². The molecular weight excluding hydrogens is 308 g/mol. The average molecular weight is 325 g/mol. The van der Waals surface area contributed by atoms with Gasteiger partial charge in [0.05, 0.1) is 13.0 Å². The Morgan fingerprint density at radius 1 is 1.47 bits per heavy atom. The van der Waals surface area contributed by atoms with Gasteiger partial charge >= 0.3 is 0 Å². The van der Waals surface area contributed by atoms with E-state index in [-0.39, 0.29) is 12.5 Å². The number of rotatable bonds is 5. The standard InChI is InChI=1S/C14H17BrN2O2/c1-2-17(6-7-18)13(19)8-10-9-16-12-5-3-4-11(15)14(10)12/h3-5,9,16,18H,2,6-8H2,1H3. The van der Waals surface area contributed by atoms with Crippen LogP contribution in [-0.4, -0.2) is 40.6 Å². The zero-order valence-electron chi connectivity index (χ0n) is 10.8. The summed E-state index contributed by atoms with van der Waals surface area (Å²) >= 11 is 3.52. The number of fused-ring (bicyclic) bond motifs is 1. The first kappa shape index (κ1) is 14.1. The highest BCUT2D eigenvalue weighted by atomic mass is 79.9. The Balaban J connectivity index is 2.24. The second kappa shape index (κ2) is 6.21. The summed E-state index contributed by atoms with van der Waals surface area (Å²) in [7, 11) is 0. The summed E-state index contributed by atoms with van der Waals surface area (Å²) in [5, 5.41) is 10.0. The number of halogens is 1. The van der Waals surface area contributed by atoms with Crippen LogP contribution in [0, 0.1) is 0 Å². The average Bonchev–Trinajstić information content (AvgIpc) is 2.80. The number of aliphatic hydroxyl groups is 1. The van der Waals surface area contributed by atoms with Crippen LogP contribution in [0.15, 0.2) is 28.9 Å². The first-order valence-electron chi connectivity index (χ1n) is 6.30. The van der Waals surface area contributed by atoms with Crippen LogP contribution in [0.25, 0.3) is 10.9 Å². The Bertz CT molecular complexity index is 580. The lowest BCUT2D eigenvalue weighted by Gasteiger charge is -2.19. The molecule has 2 aromatic rings. The summed E-state index contributed by atoms with van der Waals surface area (Å²) in [6, 6.07) is 5.91. The molecule has 4 nitrogen and oxygen atoms in total. The van der Waals surface area contributed by atoms with Crippen LogP contribution in [0.4, 0.5) is 0 Å². The first-order valence-corrected chi connectivity index (χ1v) is 7.09. The Hall–Kier alpha value is -1.33. The molecule has 1 heterocycles. The fourth-order valence-electron chi connectivity index (χ4n) is 2.20. The van der Waals surface area contributed by atoms with Crippen LogP contribution < -0.4 is 0 Å². The van der Waals surface area contributed by atoms with Gasteiger partial charge in [-0.25, -0.2) is 0 Å². The van der Waals surface area contributed by atoms with Gasteiger partial charge in [-0.2, -0.15) is 0 Å². The highest BCUT2D eigenvalue weighted by Gasteiger charge is 2.15. The van der Waals surface area contributed by atoms with E-state index in [9.17, 15) is 4.79 Å². The fourth-order valence-corrected chi connectivity index (χ4v) is 2.82. The molecule has 0 spiro atoms. The van der Waals surface area contributed by atoms with Gasteiger partial charge in [-0.15, -0.1) is 0 Å². The second-order valence-electron chi connectivity index (χ2n) is 4.35. The van der Waals surface area contributed by atoms with Gasteiger partial charge in [-0.05, 0) is 24.6 Å². The number of hydrogen-bond donors (Lipinski definition) is 2. The number of likely N-dealkylation sites (N-methyl/N-ethyl adjacent to an activating group) is 1. The van der Waals surface area contributed by atoms with E-state index in [1.165, 1.54) is 0 Å². The predicted molar refractivity (Wildman–Crippen MR) is 79.0 cm³/mol. The molecular formula is C14H17BrN2O2. The minimum atomic E-state index is -0.00282. The quantitative estimate of drug-likeness (QED) is 0.886. The molecule has 0 atom stereocenters. The van der Waals surface area contributed by atoms with E-state index in [2.05, 4.69) is 20.9 Å². The maximum atomic E-state index is 12.2. The maximum Gasteiger partial charge on any atom is 0.227 e. The summed E-state index contributed by atoms with van der Waals surface area (Å²) in [6.07, 6.45) is 2.22. The number of aromatic nitrogens is 1. The SMILES string of the molecule is CCN(CCO)C(=O)Cc1c[nH]c2cccc(Br)c12. The number of carbonyl (C=O) groups is 1. The van der Waals surface area contributed by atoms with Crippen molar-refractivity contribution in [3.63, 3.8) is 0 Å². The van der Waals surface area contributed by atoms with Crippen LogP contribution >= 0.6 is 15.9 Å². The Labute approximate surface area is 120 Å². The third kappa shape index (κ3) is 2.98. The van der Waals surface area contributed by atoms with E-state index in [0.29, 0.717) is 19.5 Å². The fraction of sp³-hybridized carbons (Fsp3) is 0.357. The zero-order chi connectivity index (χ0) is 13.8. The van der Waals surface area contributed by atoms with E-state index in [0.717, 1.165) is 20.9 Å². The van der Waals surface area contributed by atoms with Crippen LogP contribution in [0.1, 0.15) is 12.5 Å². The molecule has 5 heteroatoms. The van der Waals surface area contributed by atoms with Crippen LogP contribution in [0.5, 0.6) is 0 Å². The van der Waals surface area contributed by atoms with Crippen molar-refractivity contribution in [1.82, 2.24) is 9.88 Å². The summed E-state index contributed by atoms with van der Waals surface area (Å²) in [4.78, 5) is 17.0. The molecule has 1 aromatic heterocycles. The van der Waals surface area contributed by atoms with Gasteiger partial charge in [0.2, 0.25) is 5.91 Å². The van der Waals surface area contributed by atoms with E-state index in [1.54, 1.807) is 4.90 Å². The van der Waals surface area contributed by atoms with Gasteiger partial charge in [0.25, 0.3) is 0 Å². The van der Waals surface area contributed by atoms with E-state index in [1.807, 2.05) is 31.3 Å². The first-order chi connectivity index (χ1) is 9.17. The number of nitrogens with zero attached hydrogens (tertiary/aromatic N) is 1. The van der Waals surface area contributed by atoms with Crippen molar-refractivity contribution in [3.05, 3.63) is 34.4 Å². The highest BCUT2D eigenvalue weighted by Crippen LogP contribution is 2.27. The van der Waals surface area contributed by atoms with Crippen molar-refractivity contribution in [3.8, 4) is 0 Å². The lowest BCUT2D eigenvalue weighted by atomic mass is 10.1. The Kier molecular flexibility index (Phi) is 4.61. The zero-order valence-corrected chi connectivity index (χ0v) is 12.4. The molecule has 0 bridgehead atoms. The molecule has 0 fully saturated rings. The van der Waals surface area contributed by atoms with Crippen LogP contribution in [0.3, 0.4) is 0 Å². The second-order valence-corrected chi connectivity index (χ2v) is 5.20. The van der Waals surface area contributed by atoms with E-state index < -0.39 is 0 Å². The molecule has 0 aliphatic rings. The third-order valence-corrected chi connectivity index (χ3v) is 3.84. The number of aliphatic hydroxyl groups excluding tert-OH is 1. The highest BCUT2D eigenvalue weighted by molar-refractivity contribution is 9.10. The lowest BCUT2D eigenvalue weighted by Crippen LogP contribution is -2.34. The molecule has 1 aromatic carbocycles. The van der Waals surface area contributed by atoms with Gasteiger partial charge in [-0.1, -0.05) is 22.0 Å². The number of H-pyrrole nitrogens is 1.